The van der Waals surface area contributed by atoms with Gasteiger partial charge in [0.05, 0.1) is 15.6 Å². The predicted octanol–water partition coefficient (Wildman–Crippen LogP) is 3.04. The number of benzene rings is 1. The third-order valence-corrected chi connectivity index (χ3v) is 6.10. The van der Waals surface area contributed by atoms with Gasteiger partial charge in [-0.05, 0) is 42.9 Å². The molecule has 1 fully saturated rings. The molecule has 1 aromatic carbocycles. The molecule has 0 saturated carbocycles. The summed E-state index contributed by atoms with van der Waals surface area (Å²) in [5.74, 6) is 0. The molecule has 0 unspecified atom stereocenters. The van der Waals surface area contributed by atoms with Crippen LogP contribution in [-0.2, 0) is 10.0 Å². The van der Waals surface area contributed by atoms with Crippen LogP contribution in [-0.4, -0.2) is 25.8 Å². The van der Waals surface area contributed by atoms with E-state index in [-0.39, 0.29) is 10.3 Å². The van der Waals surface area contributed by atoms with Gasteiger partial charge in [-0.3, -0.25) is 0 Å². The molecule has 112 valence electrons. The molecular formula is C14H21ClN2O2S. The van der Waals surface area contributed by atoms with Crippen LogP contribution in [0.4, 0.5) is 5.69 Å². The Morgan fingerprint density at radius 3 is 2.55 bits per heavy atom. The van der Waals surface area contributed by atoms with Crippen molar-refractivity contribution in [2.24, 2.45) is 5.41 Å². The van der Waals surface area contributed by atoms with Gasteiger partial charge >= 0.3 is 0 Å². The van der Waals surface area contributed by atoms with E-state index in [0.717, 1.165) is 12.8 Å². The number of hydrogen-bond donors (Lipinski definition) is 1. The van der Waals surface area contributed by atoms with Crippen molar-refractivity contribution < 1.29 is 8.42 Å². The molecule has 1 saturated heterocycles. The van der Waals surface area contributed by atoms with Crippen molar-refractivity contribution in [2.45, 2.75) is 38.5 Å². The van der Waals surface area contributed by atoms with E-state index in [4.69, 9.17) is 17.3 Å². The van der Waals surface area contributed by atoms with Crippen LogP contribution in [0.2, 0.25) is 5.02 Å². The molecule has 2 rings (SSSR count). The van der Waals surface area contributed by atoms with Crippen molar-refractivity contribution in [1.82, 2.24) is 4.31 Å². The molecule has 0 radical (unpaired) electrons. The smallest absolute Gasteiger partial charge is 0.243 e. The molecule has 20 heavy (non-hydrogen) atoms. The Bertz CT molecular complexity index is 603. The fourth-order valence-electron chi connectivity index (χ4n) is 2.64. The first-order valence-corrected chi connectivity index (χ1v) is 8.51. The fourth-order valence-corrected chi connectivity index (χ4v) is 4.53. The van der Waals surface area contributed by atoms with E-state index in [1.165, 1.54) is 6.07 Å². The number of piperidine rings is 1. The Balaban J connectivity index is 2.40. The minimum Gasteiger partial charge on any atom is -0.397 e. The molecule has 0 aromatic heterocycles. The first kappa shape index (κ1) is 15.6. The zero-order valence-electron chi connectivity index (χ0n) is 12.1. The summed E-state index contributed by atoms with van der Waals surface area (Å²) in [5.41, 5.74) is 6.79. The van der Waals surface area contributed by atoms with E-state index in [2.05, 4.69) is 13.8 Å². The first-order valence-electron chi connectivity index (χ1n) is 6.69. The van der Waals surface area contributed by atoms with E-state index < -0.39 is 10.0 Å². The third-order valence-electron chi connectivity index (χ3n) is 3.76. The molecule has 1 heterocycles. The third kappa shape index (κ3) is 2.95. The largest absolute Gasteiger partial charge is 0.397 e. The summed E-state index contributed by atoms with van der Waals surface area (Å²) in [5, 5.41) is 0.419. The lowest BCUT2D eigenvalue weighted by molar-refractivity contribution is 0.187. The van der Waals surface area contributed by atoms with Crippen LogP contribution in [0.3, 0.4) is 0 Å². The summed E-state index contributed by atoms with van der Waals surface area (Å²) in [6, 6.07) is 3.04. The minimum atomic E-state index is -3.50. The molecule has 0 bridgehead atoms. The van der Waals surface area contributed by atoms with Gasteiger partial charge in [0.15, 0.2) is 0 Å². The van der Waals surface area contributed by atoms with Crippen LogP contribution in [0.15, 0.2) is 17.0 Å². The normalized spacial score (nSPS) is 20.0. The molecule has 1 aliphatic heterocycles. The van der Waals surface area contributed by atoms with Crippen molar-refractivity contribution >= 4 is 27.3 Å². The van der Waals surface area contributed by atoms with E-state index in [9.17, 15) is 8.42 Å². The highest BCUT2D eigenvalue weighted by molar-refractivity contribution is 7.89. The summed E-state index contributed by atoms with van der Waals surface area (Å²) in [6.07, 6.45) is 1.93. The second kappa shape index (κ2) is 5.20. The van der Waals surface area contributed by atoms with Gasteiger partial charge in [-0.25, -0.2) is 8.42 Å². The average Bonchev–Trinajstić information content (AvgIpc) is 2.34. The quantitative estimate of drug-likeness (QED) is 0.853. The van der Waals surface area contributed by atoms with Crippen molar-refractivity contribution in [3.63, 3.8) is 0 Å². The Kier molecular flexibility index (Phi) is 4.06. The van der Waals surface area contributed by atoms with Crippen molar-refractivity contribution in [3.8, 4) is 0 Å². The van der Waals surface area contributed by atoms with E-state index >= 15 is 0 Å². The molecule has 0 spiro atoms. The number of anilines is 1. The highest BCUT2D eigenvalue weighted by Gasteiger charge is 2.34. The van der Waals surface area contributed by atoms with E-state index in [0.29, 0.717) is 29.4 Å². The molecule has 0 atom stereocenters. The van der Waals surface area contributed by atoms with Crippen LogP contribution in [0.25, 0.3) is 0 Å². The number of nitrogen functional groups attached to an aromatic ring is 1. The zero-order valence-corrected chi connectivity index (χ0v) is 13.7. The lowest BCUT2D eigenvalue weighted by atomic mass is 9.85. The average molecular weight is 317 g/mol. The molecule has 0 amide bonds. The second-order valence-corrected chi connectivity index (χ2v) is 8.57. The van der Waals surface area contributed by atoms with E-state index in [1.807, 2.05) is 0 Å². The van der Waals surface area contributed by atoms with Gasteiger partial charge in [0.25, 0.3) is 0 Å². The van der Waals surface area contributed by atoms with Gasteiger partial charge in [-0.1, -0.05) is 25.4 Å². The molecule has 4 nitrogen and oxygen atoms in total. The summed E-state index contributed by atoms with van der Waals surface area (Å²) < 4.78 is 27.0. The maximum atomic E-state index is 12.7. The van der Waals surface area contributed by atoms with Crippen LogP contribution in [0.1, 0.15) is 32.3 Å². The number of rotatable bonds is 2. The van der Waals surface area contributed by atoms with Crippen molar-refractivity contribution in [1.29, 1.82) is 0 Å². The number of nitrogens with zero attached hydrogens (tertiary/aromatic N) is 1. The van der Waals surface area contributed by atoms with Crippen LogP contribution in [0.5, 0.6) is 0 Å². The molecular weight excluding hydrogens is 296 g/mol. The Morgan fingerprint density at radius 1 is 1.35 bits per heavy atom. The summed E-state index contributed by atoms with van der Waals surface area (Å²) in [4.78, 5) is 0.231. The SMILES string of the molecule is Cc1cc(S(=O)(=O)N2CCCC(C)(C)C2)cc(N)c1Cl. The maximum absolute atomic E-state index is 12.7. The predicted molar refractivity (Wildman–Crippen MR) is 82.4 cm³/mol. The highest BCUT2D eigenvalue weighted by atomic mass is 35.5. The highest BCUT2D eigenvalue weighted by Crippen LogP contribution is 2.33. The van der Waals surface area contributed by atoms with Gasteiger partial charge in [0, 0.05) is 13.1 Å². The summed E-state index contributed by atoms with van der Waals surface area (Å²) >= 11 is 6.00. The Labute approximate surface area is 126 Å². The first-order chi connectivity index (χ1) is 9.13. The standard InChI is InChI=1S/C14H21ClN2O2S/c1-10-7-11(8-12(16)13(10)15)20(18,19)17-6-4-5-14(2,3)9-17/h7-8H,4-6,9,16H2,1-3H3. The Hall–Kier alpha value is -0.780. The summed E-state index contributed by atoms with van der Waals surface area (Å²) in [7, 11) is -3.50. The molecule has 6 heteroatoms. The lowest BCUT2D eigenvalue weighted by Crippen LogP contribution is -2.43. The van der Waals surface area contributed by atoms with Crippen molar-refractivity contribution in [2.75, 3.05) is 18.8 Å². The monoisotopic (exact) mass is 316 g/mol. The maximum Gasteiger partial charge on any atom is 0.243 e. The Morgan fingerprint density at radius 2 is 2.00 bits per heavy atom. The van der Waals surface area contributed by atoms with Gasteiger partial charge in [0.1, 0.15) is 0 Å². The molecule has 0 aliphatic carbocycles. The fraction of sp³-hybridized carbons (Fsp3) is 0.571. The number of sulfonamides is 1. The number of nitrogens with two attached hydrogens (primary N) is 1. The van der Waals surface area contributed by atoms with E-state index in [1.54, 1.807) is 17.3 Å². The van der Waals surface area contributed by atoms with Gasteiger partial charge < -0.3 is 5.73 Å². The van der Waals surface area contributed by atoms with Gasteiger partial charge in [-0.15, -0.1) is 0 Å². The number of aryl methyl sites for hydroxylation is 1. The number of halogens is 1. The van der Waals surface area contributed by atoms with Crippen LogP contribution >= 0.6 is 11.6 Å². The summed E-state index contributed by atoms with van der Waals surface area (Å²) in [6.45, 7) is 7.05. The number of hydrogen-bond acceptors (Lipinski definition) is 3. The zero-order chi connectivity index (χ0) is 15.1. The molecule has 2 N–H and O–H groups in total. The molecule has 1 aliphatic rings. The topological polar surface area (TPSA) is 63.4 Å². The van der Waals surface area contributed by atoms with Gasteiger partial charge in [0.2, 0.25) is 10.0 Å². The van der Waals surface area contributed by atoms with Gasteiger partial charge in [-0.2, -0.15) is 4.31 Å². The van der Waals surface area contributed by atoms with Crippen LogP contribution in [0, 0.1) is 12.3 Å². The molecule has 1 aromatic rings. The van der Waals surface area contributed by atoms with Crippen molar-refractivity contribution in [3.05, 3.63) is 22.7 Å². The second-order valence-electron chi connectivity index (χ2n) is 6.25. The minimum absolute atomic E-state index is 0.0122. The van der Waals surface area contributed by atoms with Crippen LogP contribution < -0.4 is 5.73 Å². The lowest BCUT2D eigenvalue weighted by Gasteiger charge is -2.37.